The lowest BCUT2D eigenvalue weighted by Gasteiger charge is -2.31. The lowest BCUT2D eigenvalue weighted by molar-refractivity contribution is -0.251. The van der Waals surface area contributed by atoms with Gasteiger partial charge in [0.05, 0.1) is 13.0 Å². The van der Waals surface area contributed by atoms with Crippen molar-refractivity contribution in [3.63, 3.8) is 0 Å². The second-order valence-electron chi connectivity index (χ2n) is 3.25. The van der Waals surface area contributed by atoms with Gasteiger partial charge in [0.1, 0.15) is 0 Å². The number of carbonyl (C=O) groups is 1. The van der Waals surface area contributed by atoms with Crippen LogP contribution in [0.1, 0.15) is 12.8 Å². The standard InChI is InChI=1S/C8H12F3NO2/c1-14-7(13)6-2-4-12(5-3-6)8(9,10)11/h6H,2-5H2,1H3. The molecule has 14 heavy (non-hydrogen) atoms. The second-order valence-corrected chi connectivity index (χ2v) is 3.25. The van der Waals surface area contributed by atoms with E-state index in [1.165, 1.54) is 7.11 Å². The van der Waals surface area contributed by atoms with E-state index >= 15 is 0 Å². The highest BCUT2D eigenvalue weighted by atomic mass is 19.4. The fourth-order valence-electron chi connectivity index (χ4n) is 1.54. The third kappa shape index (κ3) is 2.60. The number of hydrogen-bond donors (Lipinski definition) is 0. The molecule has 0 N–H and O–H groups in total. The fourth-order valence-corrected chi connectivity index (χ4v) is 1.54. The van der Waals surface area contributed by atoms with Crippen LogP contribution in [0.5, 0.6) is 0 Å². The summed E-state index contributed by atoms with van der Waals surface area (Å²) in [6.07, 6.45) is -3.85. The van der Waals surface area contributed by atoms with Gasteiger partial charge in [-0.15, -0.1) is 0 Å². The van der Waals surface area contributed by atoms with E-state index in [4.69, 9.17) is 0 Å². The molecule has 3 nitrogen and oxygen atoms in total. The Hall–Kier alpha value is -0.780. The van der Waals surface area contributed by atoms with Crippen LogP contribution < -0.4 is 0 Å². The SMILES string of the molecule is COC(=O)C1CCN(C(F)(F)F)CC1. The number of nitrogens with zero attached hydrogens (tertiary/aromatic N) is 1. The average molecular weight is 211 g/mol. The Morgan fingerprint density at radius 1 is 1.36 bits per heavy atom. The third-order valence-electron chi connectivity index (χ3n) is 2.39. The van der Waals surface area contributed by atoms with E-state index in [1.807, 2.05) is 0 Å². The molecule has 1 rings (SSSR count). The molecule has 0 aromatic rings. The van der Waals surface area contributed by atoms with E-state index in [1.54, 1.807) is 0 Å². The summed E-state index contributed by atoms with van der Waals surface area (Å²) in [4.78, 5) is 11.4. The van der Waals surface area contributed by atoms with E-state index in [2.05, 4.69) is 4.74 Å². The first-order valence-electron chi connectivity index (χ1n) is 4.34. The highest BCUT2D eigenvalue weighted by molar-refractivity contribution is 5.72. The van der Waals surface area contributed by atoms with E-state index in [0.717, 1.165) is 0 Å². The molecule has 0 radical (unpaired) electrons. The Labute approximate surface area is 79.8 Å². The first kappa shape index (κ1) is 11.3. The van der Waals surface area contributed by atoms with Gasteiger partial charge in [0.15, 0.2) is 0 Å². The molecule has 0 aromatic carbocycles. The predicted octanol–water partition coefficient (Wildman–Crippen LogP) is 1.39. The molecule has 0 amide bonds. The predicted molar refractivity (Wildman–Crippen MR) is 42.4 cm³/mol. The summed E-state index contributed by atoms with van der Waals surface area (Å²) in [5.74, 6) is -0.787. The van der Waals surface area contributed by atoms with Gasteiger partial charge >= 0.3 is 12.3 Å². The molecule has 0 bridgehead atoms. The molecule has 82 valence electrons. The third-order valence-corrected chi connectivity index (χ3v) is 2.39. The molecule has 0 aromatic heterocycles. The summed E-state index contributed by atoms with van der Waals surface area (Å²) in [6, 6.07) is 0. The number of piperidine rings is 1. The quantitative estimate of drug-likeness (QED) is 0.485. The van der Waals surface area contributed by atoms with Crippen LogP contribution in [-0.2, 0) is 9.53 Å². The minimum atomic E-state index is -4.28. The van der Waals surface area contributed by atoms with Crippen molar-refractivity contribution in [2.45, 2.75) is 19.1 Å². The lowest BCUT2D eigenvalue weighted by Crippen LogP contribution is -2.44. The summed E-state index contributed by atoms with van der Waals surface area (Å²) < 4.78 is 41.0. The molecular weight excluding hydrogens is 199 g/mol. The van der Waals surface area contributed by atoms with Crippen molar-refractivity contribution >= 4 is 5.97 Å². The van der Waals surface area contributed by atoms with Gasteiger partial charge in [-0.05, 0) is 12.8 Å². The van der Waals surface area contributed by atoms with E-state index < -0.39 is 12.3 Å². The zero-order chi connectivity index (χ0) is 10.8. The summed E-state index contributed by atoms with van der Waals surface area (Å²) >= 11 is 0. The topological polar surface area (TPSA) is 29.5 Å². The smallest absolute Gasteiger partial charge is 0.459 e. The molecule has 1 fully saturated rings. The molecule has 0 atom stereocenters. The van der Waals surface area contributed by atoms with Crippen LogP contribution in [0.3, 0.4) is 0 Å². The molecule has 0 unspecified atom stereocenters. The molecule has 1 aliphatic heterocycles. The van der Waals surface area contributed by atoms with Crippen LogP contribution in [0, 0.1) is 5.92 Å². The van der Waals surface area contributed by atoms with Gasteiger partial charge in [-0.25, -0.2) is 4.90 Å². The number of alkyl halides is 3. The molecule has 1 aliphatic rings. The van der Waals surface area contributed by atoms with Crippen LogP contribution in [0.15, 0.2) is 0 Å². The van der Waals surface area contributed by atoms with Gasteiger partial charge in [-0.2, -0.15) is 13.2 Å². The number of esters is 1. The maximum Gasteiger partial charge on any atom is 0.459 e. The Morgan fingerprint density at radius 3 is 2.21 bits per heavy atom. The number of halogens is 3. The van der Waals surface area contributed by atoms with Crippen LogP contribution in [0.2, 0.25) is 0 Å². The van der Waals surface area contributed by atoms with E-state index in [9.17, 15) is 18.0 Å². The van der Waals surface area contributed by atoms with Crippen LogP contribution in [0.25, 0.3) is 0 Å². The summed E-state index contributed by atoms with van der Waals surface area (Å²) in [5.41, 5.74) is 0. The minimum Gasteiger partial charge on any atom is -0.469 e. The normalized spacial score (nSPS) is 20.9. The van der Waals surface area contributed by atoms with E-state index in [-0.39, 0.29) is 31.8 Å². The average Bonchev–Trinajstić information content (AvgIpc) is 2.15. The molecule has 0 spiro atoms. The van der Waals surface area contributed by atoms with Gasteiger partial charge in [-0.1, -0.05) is 0 Å². The number of hydrogen-bond acceptors (Lipinski definition) is 3. The first-order valence-corrected chi connectivity index (χ1v) is 4.34. The largest absolute Gasteiger partial charge is 0.469 e. The van der Waals surface area contributed by atoms with Crippen LogP contribution >= 0.6 is 0 Å². The molecule has 1 heterocycles. The number of likely N-dealkylation sites (tertiary alicyclic amines) is 1. The lowest BCUT2D eigenvalue weighted by atomic mass is 9.97. The van der Waals surface area contributed by atoms with Crippen molar-refractivity contribution in [3.05, 3.63) is 0 Å². The molecule has 6 heteroatoms. The fraction of sp³-hybridized carbons (Fsp3) is 0.875. The van der Waals surface area contributed by atoms with Crippen molar-refractivity contribution in [3.8, 4) is 0 Å². The maximum atomic E-state index is 12.2. The highest BCUT2D eigenvalue weighted by Gasteiger charge is 2.40. The highest BCUT2D eigenvalue weighted by Crippen LogP contribution is 2.27. The minimum absolute atomic E-state index is 0.122. The van der Waals surface area contributed by atoms with Crippen molar-refractivity contribution in [2.75, 3.05) is 20.2 Å². The van der Waals surface area contributed by atoms with Gasteiger partial charge in [0, 0.05) is 13.1 Å². The Balaban J connectivity index is 2.43. The zero-order valence-electron chi connectivity index (χ0n) is 7.80. The van der Waals surface area contributed by atoms with Crippen molar-refractivity contribution < 1.29 is 22.7 Å². The van der Waals surface area contributed by atoms with Crippen LogP contribution in [-0.4, -0.2) is 37.4 Å². The number of ether oxygens (including phenoxy) is 1. The number of methoxy groups -OCH3 is 1. The van der Waals surface area contributed by atoms with Gasteiger partial charge in [0.25, 0.3) is 0 Å². The number of carbonyl (C=O) groups excluding carboxylic acids is 1. The zero-order valence-corrected chi connectivity index (χ0v) is 7.80. The van der Waals surface area contributed by atoms with Crippen molar-refractivity contribution in [1.82, 2.24) is 4.90 Å². The second kappa shape index (κ2) is 4.16. The Morgan fingerprint density at radius 2 is 1.86 bits per heavy atom. The molecule has 1 saturated heterocycles. The summed E-state index contributed by atoms with van der Waals surface area (Å²) in [5, 5.41) is 0. The van der Waals surface area contributed by atoms with Crippen LogP contribution in [0.4, 0.5) is 13.2 Å². The van der Waals surface area contributed by atoms with Crippen molar-refractivity contribution in [1.29, 1.82) is 0 Å². The monoisotopic (exact) mass is 211 g/mol. The number of rotatable bonds is 1. The first-order chi connectivity index (χ1) is 6.45. The Bertz CT molecular complexity index is 209. The summed E-state index contributed by atoms with van der Waals surface area (Å²) in [7, 11) is 1.25. The van der Waals surface area contributed by atoms with Crippen molar-refractivity contribution in [2.24, 2.45) is 5.92 Å². The molecule has 0 aliphatic carbocycles. The van der Waals surface area contributed by atoms with Gasteiger partial charge < -0.3 is 4.74 Å². The van der Waals surface area contributed by atoms with Gasteiger partial charge in [0.2, 0.25) is 0 Å². The van der Waals surface area contributed by atoms with E-state index in [0.29, 0.717) is 4.90 Å². The Kier molecular flexibility index (Phi) is 3.36. The maximum absolute atomic E-state index is 12.2. The molecule has 0 saturated carbocycles. The summed E-state index contributed by atoms with van der Waals surface area (Å²) in [6.45, 7) is -0.244. The molecular formula is C8H12F3NO2. The van der Waals surface area contributed by atoms with Gasteiger partial charge in [-0.3, -0.25) is 4.79 Å².